The SMILES string of the molecule is Cc1cc(C2=CC=CN(c3cccc(C(F)(F)F)c3)N2)n(-c2ccccc2)n1. The number of aromatic nitrogens is 2. The van der Waals surface area contributed by atoms with Crippen LogP contribution in [0.3, 0.4) is 0 Å². The summed E-state index contributed by atoms with van der Waals surface area (Å²) >= 11 is 0. The Kier molecular flexibility index (Phi) is 4.43. The van der Waals surface area contributed by atoms with Gasteiger partial charge in [-0.15, -0.1) is 0 Å². The highest BCUT2D eigenvalue weighted by molar-refractivity contribution is 5.70. The van der Waals surface area contributed by atoms with E-state index in [0.717, 1.165) is 34.9 Å². The van der Waals surface area contributed by atoms with Crippen LogP contribution in [-0.4, -0.2) is 9.78 Å². The molecule has 0 saturated carbocycles. The summed E-state index contributed by atoms with van der Waals surface area (Å²) < 4.78 is 40.9. The smallest absolute Gasteiger partial charge is 0.292 e. The molecule has 142 valence electrons. The number of nitrogens with one attached hydrogen (secondary N) is 1. The molecule has 1 aromatic heterocycles. The monoisotopic (exact) mass is 382 g/mol. The molecule has 1 aliphatic heterocycles. The van der Waals surface area contributed by atoms with Crippen molar-refractivity contribution in [2.45, 2.75) is 13.1 Å². The molecule has 28 heavy (non-hydrogen) atoms. The lowest BCUT2D eigenvalue weighted by Crippen LogP contribution is -2.34. The van der Waals surface area contributed by atoms with E-state index in [9.17, 15) is 13.2 Å². The highest BCUT2D eigenvalue weighted by Crippen LogP contribution is 2.32. The number of benzene rings is 2. The Hall–Kier alpha value is -3.48. The van der Waals surface area contributed by atoms with Crippen LogP contribution in [0.2, 0.25) is 0 Å². The molecular formula is C21H17F3N4. The van der Waals surface area contributed by atoms with Crippen molar-refractivity contribution in [2.75, 3.05) is 5.01 Å². The fourth-order valence-corrected chi connectivity index (χ4v) is 3.01. The minimum absolute atomic E-state index is 0.388. The van der Waals surface area contributed by atoms with Crippen molar-refractivity contribution < 1.29 is 13.2 Å². The summed E-state index contributed by atoms with van der Waals surface area (Å²) in [6.07, 6.45) is 0.927. The van der Waals surface area contributed by atoms with Crippen LogP contribution < -0.4 is 10.4 Å². The molecule has 0 atom stereocenters. The molecule has 0 unspecified atom stereocenters. The summed E-state index contributed by atoms with van der Waals surface area (Å²) in [6, 6.07) is 16.8. The van der Waals surface area contributed by atoms with Crippen molar-refractivity contribution in [3.63, 3.8) is 0 Å². The van der Waals surface area contributed by atoms with Gasteiger partial charge in [-0.05, 0) is 55.5 Å². The van der Waals surface area contributed by atoms with Crippen molar-refractivity contribution in [1.82, 2.24) is 15.2 Å². The summed E-state index contributed by atoms with van der Waals surface area (Å²) in [6.45, 7) is 1.90. The molecule has 1 N–H and O–H groups in total. The van der Waals surface area contributed by atoms with Crippen LogP contribution in [0.15, 0.2) is 79.0 Å². The number of halogens is 3. The van der Waals surface area contributed by atoms with Gasteiger partial charge in [-0.1, -0.05) is 24.3 Å². The molecule has 1 aliphatic rings. The van der Waals surface area contributed by atoms with Crippen LogP contribution in [0.5, 0.6) is 0 Å². The van der Waals surface area contributed by atoms with Gasteiger partial charge in [0.1, 0.15) is 0 Å². The lowest BCUT2D eigenvalue weighted by Gasteiger charge is -2.27. The Morgan fingerprint density at radius 1 is 0.929 bits per heavy atom. The topological polar surface area (TPSA) is 33.1 Å². The van der Waals surface area contributed by atoms with Gasteiger partial charge in [0.05, 0.1) is 34.0 Å². The van der Waals surface area contributed by atoms with E-state index in [0.29, 0.717) is 5.69 Å². The lowest BCUT2D eigenvalue weighted by atomic mass is 10.2. The summed E-state index contributed by atoms with van der Waals surface area (Å²) in [4.78, 5) is 0. The fourth-order valence-electron chi connectivity index (χ4n) is 3.01. The highest BCUT2D eigenvalue weighted by Gasteiger charge is 2.31. The van der Waals surface area contributed by atoms with Crippen LogP contribution in [0, 0.1) is 6.92 Å². The first-order chi connectivity index (χ1) is 13.4. The number of hydrogen-bond donors (Lipinski definition) is 1. The molecule has 7 heteroatoms. The third-order valence-corrected chi connectivity index (χ3v) is 4.30. The largest absolute Gasteiger partial charge is 0.416 e. The second-order valence-corrected chi connectivity index (χ2v) is 6.37. The van der Waals surface area contributed by atoms with E-state index in [2.05, 4.69) is 10.5 Å². The molecule has 2 aromatic carbocycles. The molecule has 4 nitrogen and oxygen atoms in total. The van der Waals surface area contributed by atoms with Crippen LogP contribution in [0.1, 0.15) is 17.0 Å². The van der Waals surface area contributed by atoms with Crippen molar-refractivity contribution in [3.05, 3.63) is 96.0 Å². The second kappa shape index (κ2) is 6.92. The Labute approximate surface area is 160 Å². The number of hydrazine groups is 1. The Bertz CT molecular complexity index is 1050. The van der Waals surface area contributed by atoms with Crippen LogP contribution in [0.25, 0.3) is 11.4 Å². The molecule has 0 radical (unpaired) electrons. The molecule has 3 aromatic rings. The third kappa shape index (κ3) is 3.51. The summed E-state index contributed by atoms with van der Waals surface area (Å²) in [5.41, 5.74) is 6.13. The Balaban J connectivity index is 1.66. The van der Waals surface area contributed by atoms with Gasteiger partial charge >= 0.3 is 6.18 Å². The summed E-state index contributed by atoms with van der Waals surface area (Å²) in [5, 5.41) is 6.10. The average Bonchev–Trinajstić information content (AvgIpc) is 3.10. The zero-order valence-electron chi connectivity index (χ0n) is 15.0. The minimum atomic E-state index is -4.39. The van der Waals surface area contributed by atoms with E-state index in [1.807, 2.05) is 49.4 Å². The third-order valence-electron chi connectivity index (χ3n) is 4.30. The van der Waals surface area contributed by atoms with Crippen LogP contribution in [-0.2, 0) is 6.18 Å². The molecule has 4 rings (SSSR count). The molecule has 0 spiro atoms. The molecule has 0 fully saturated rings. The van der Waals surface area contributed by atoms with Gasteiger partial charge in [0.25, 0.3) is 0 Å². The first kappa shape index (κ1) is 17.9. The molecule has 0 saturated heterocycles. The van der Waals surface area contributed by atoms with Crippen molar-refractivity contribution in [3.8, 4) is 5.69 Å². The molecule has 0 aliphatic carbocycles. The summed E-state index contributed by atoms with van der Waals surface area (Å²) in [7, 11) is 0. The predicted octanol–water partition coefficient (Wildman–Crippen LogP) is 5.08. The van der Waals surface area contributed by atoms with Crippen LogP contribution in [0.4, 0.5) is 18.9 Å². The van der Waals surface area contributed by atoms with E-state index in [4.69, 9.17) is 0 Å². The van der Waals surface area contributed by atoms with Crippen molar-refractivity contribution in [1.29, 1.82) is 0 Å². The van der Waals surface area contributed by atoms with Gasteiger partial charge in [-0.25, -0.2) is 4.68 Å². The normalized spacial score (nSPS) is 14.0. The number of alkyl halides is 3. The van der Waals surface area contributed by atoms with Gasteiger partial charge in [0, 0.05) is 6.20 Å². The lowest BCUT2D eigenvalue weighted by molar-refractivity contribution is -0.137. The second-order valence-electron chi connectivity index (χ2n) is 6.37. The minimum Gasteiger partial charge on any atom is -0.292 e. The number of allylic oxidation sites excluding steroid dienone is 2. The van der Waals surface area contributed by atoms with E-state index in [-0.39, 0.29) is 0 Å². The number of anilines is 1. The number of para-hydroxylation sites is 1. The quantitative estimate of drug-likeness (QED) is 0.686. The van der Waals surface area contributed by atoms with Gasteiger partial charge in [0.15, 0.2) is 0 Å². The van der Waals surface area contributed by atoms with Gasteiger partial charge in [-0.3, -0.25) is 10.4 Å². The van der Waals surface area contributed by atoms with E-state index in [1.54, 1.807) is 28.0 Å². The Morgan fingerprint density at radius 3 is 2.43 bits per heavy atom. The standard InChI is InChI=1S/C21H17F3N4/c1-15-13-20(28(25-15)17-8-3-2-4-9-17)19-11-6-12-27(26-19)18-10-5-7-16(14-18)21(22,23)24/h2-14,26H,1H3. The molecule has 2 heterocycles. The molecule has 0 bridgehead atoms. The first-order valence-corrected chi connectivity index (χ1v) is 8.66. The fraction of sp³-hybridized carbons (Fsp3) is 0.0952. The van der Waals surface area contributed by atoms with E-state index < -0.39 is 11.7 Å². The summed E-state index contributed by atoms with van der Waals surface area (Å²) in [5.74, 6) is 0. The zero-order chi connectivity index (χ0) is 19.7. The number of hydrogen-bond acceptors (Lipinski definition) is 3. The molecule has 0 amide bonds. The maximum absolute atomic E-state index is 13.0. The maximum Gasteiger partial charge on any atom is 0.416 e. The zero-order valence-corrected chi connectivity index (χ0v) is 15.0. The predicted molar refractivity (Wildman–Crippen MR) is 102 cm³/mol. The first-order valence-electron chi connectivity index (χ1n) is 8.66. The maximum atomic E-state index is 13.0. The van der Waals surface area contributed by atoms with Gasteiger partial charge in [0.2, 0.25) is 0 Å². The number of nitrogens with zero attached hydrogens (tertiary/aromatic N) is 3. The van der Waals surface area contributed by atoms with Crippen molar-refractivity contribution >= 4 is 11.4 Å². The van der Waals surface area contributed by atoms with E-state index >= 15 is 0 Å². The van der Waals surface area contributed by atoms with Gasteiger partial charge < -0.3 is 0 Å². The van der Waals surface area contributed by atoms with E-state index in [1.165, 1.54) is 6.07 Å². The van der Waals surface area contributed by atoms with Gasteiger partial charge in [-0.2, -0.15) is 18.3 Å². The average molecular weight is 382 g/mol. The van der Waals surface area contributed by atoms with Crippen LogP contribution >= 0.6 is 0 Å². The molecular weight excluding hydrogens is 365 g/mol. The van der Waals surface area contributed by atoms with Crippen molar-refractivity contribution in [2.24, 2.45) is 0 Å². The number of aryl methyl sites for hydroxylation is 1. The Morgan fingerprint density at radius 2 is 1.68 bits per heavy atom. The number of rotatable bonds is 3. The highest BCUT2D eigenvalue weighted by atomic mass is 19.4.